The van der Waals surface area contributed by atoms with Crippen LogP contribution < -0.4 is 5.73 Å². The van der Waals surface area contributed by atoms with Gasteiger partial charge in [0, 0.05) is 24.0 Å². The molecular weight excluding hydrogens is 300 g/mol. The van der Waals surface area contributed by atoms with E-state index in [1.807, 2.05) is 6.07 Å². The third-order valence-corrected chi connectivity index (χ3v) is 4.21. The molecule has 0 saturated heterocycles. The van der Waals surface area contributed by atoms with Crippen LogP contribution in [0.15, 0.2) is 48.9 Å². The number of rotatable bonds is 4. The second kappa shape index (κ2) is 5.81. The van der Waals surface area contributed by atoms with Crippen LogP contribution in [0.2, 0.25) is 0 Å². The zero-order valence-electron chi connectivity index (χ0n) is 13.4. The highest BCUT2D eigenvalue weighted by molar-refractivity contribution is 5.97. The Morgan fingerprint density at radius 3 is 2.79 bits per heavy atom. The normalized spacial score (nSPS) is 11.2. The summed E-state index contributed by atoms with van der Waals surface area (Å²) in [7, 11) is 0. The lowest BCUT2D eigenvalue weighted by molar-refractivity contribution is 0.751. The van der Waals surface area contributed by atoms with Gasteiger partial charge in [0.05, 0.1) is 11.1 Å². The summed E-state index contributed by atoms with van der Waals surface area (Å²) >= 11 is 0. The van der Waals surface area contributed by atoms with Crippen molar-refractivity contribution < 1.29 is 0 Å². The molecular formula is C18H18N6. The average Bonchev–Trinajstić information content (AvgIpc) is 3.20. The highest BCUT2D eigenvalue weighted by Gasteiger charge is 2.15. The third-order valence-electron chi connectivity index (χ3n) is 4.21. The molecule has 0 aliphatic rings. The van der Waals surface area contributed by atoms with Crippen LogP contribution in [-0.2, 0) is 13.0 Å². The molecule has 1 aromatic carbocycles. The van der Waals surface area contributed by atoms with Gasteiger partial charge >= 0.3 is 0 Å². The summed E-state index contributed by atoms with van der Waals surface area (Å²) in [4.78, 5) is 8.25. The molecule has 0 spiro atoms. The van der Waals surface area contributed by atoms with Crippen molar-refractivity contribution in [2.24, 2.45) is 0 Å². The van der Waals surface area contributed by atoms with Crippen LogP contribution in [0.25, 0.3) is 22.3 Å². The van der Waals surface area contributed by atoms with E-state index in [4.69, 9.17) is 5.73 Å². The number of hydrogen-bond acceptors (Lipinski definition) is 4. The van der Waals surface area contributed by atoms with E-state index in [-0.39, 0.29) is 0 Å². The van der Waals surface area contributed by atoms with Gasteiger partial charge in [-0.05, 0) is 18.1 Å². The molecule has 0 amide bonds. The van der Waals surface area contributed by atoms with E-state index in [9.17, 15) is 0 Å². The Balaban J connectivity index is 1.79. The molecule has 0 saturated carbocycles. The zero-order chi connectivity index (χ0) is 16.5. The van der Waals surface area contributed by atoms with Crippen molar-refractivity contribution >= 4 is 16.9 Å². The largest absolute Gasteiger partial charge is 0.383 e. The van der Waals surface area contributed by atoms with Gasteiger partial charge in [-0.1, -0.05) is 37.3 Å². The van der Waals surface area contributed by atoms with Crippen molar-refractivity contribution in [3.05, 3.63) is 60.2 Å². The standard InChI is InChI=1S/C18H18N6/c1-2-14-8-13(10-24(14)9-12-6-4-3-5-7-12)16-15-17(19)20-11-21-18(15)23-22-16/h3-8,10-11H,2,9H2,1H3,(H3,19,20,21,22,23). The number of aromatic amines is 1. The molecule has 0 bridgehead atoms. The molecule has 0 atom stereocenters. The Morgan fingerprint density at radius 1 is 1.17 bits per heavy atom. The third kappa shape index (κ3) is 2.42. The molecule has 0 fully saturated rings. The van der Waals surface area contributed by atoms with Gasteiger partial charge < -0.3 is 10.3 Å². The maximum Gasteiger partial charge on any atom is 0.186 e. The van der Waals surface area contributed by atoms with Crippen LogP contribution in [0.5, 0.6) is 0 Å². The van der Waals surface area contributed by atoms with Gasteiger partial charge in [-0.25, -0.2) is 9.97 Å². The summed E-state index contributed by atoms with van der Waals surface area (Å²) in [5.41, 5.74) is 11.1. The van der Waals surface area contributed by atoms with Crippen LogP contribution >= 0.6 is 0 Å². The molecule has 24 heavy (non-hydrogen) atoms. The fraction of sp³-hybridized carbons (Fsp3) is 0.167. The van der Waals surface area contributed by atoms with Crippen LogP contribution in [0, 0.1) is 0 Å². The van der Waals surface area contributed by atoms with Crippen molar-refractivity contribution in [1.82, 2.24) is 24.7 Å². The van der Waals surface area contributed by atoms with Crippen molar-refractivity contribution in [3.63, 3.8) is 0 Å². The molecule has 120 valence electrons. The first-order valence-electron chi connectivity index (χ1n) is 7.94. The van der Waals surface area contributed by atoms with Crippen LogP contribution in [-0.4, -0.2) is 24.7 Å². The number of nitrogens with zero attached hydrogens (tertiary/aromatic N) is 4. The van der Waals surface area contributed by atoms with Gasteiger partial charge in [0.1, 0.15) is 12.1 Å². The summed E-state index contributed by atoms with van der Waals surface area (Å²) in [6, 6.07) is 12.6. The number of aryl methyl sites for hydroxylation is 1. The quantitative estimate of drug-likeness (QED) is 0.605. The minimum atomic E-state index is 0.442. The van der Waals surface area contributed by atoms with E-state index in [1.54, 1.807) is 0 Å². The number of H-pyrrole nitrogens is 1. The van der Waals surface area contributed by atoms with Crippen molar-refractivity contribution in [2.75, 3.05) is 5.73 Å². The molecule has 4 aromatic rings. The predicted molar refractivity (Wildman–Crippen MR) is 94.4 cm³/mol. The average molecular weight is 318 g/mol. The van der Waals surface area contributed by atoms with Crippen molar-refractivity contribution in [2.45, 2.75) is 19.9 Å². The van der Waals surface area contributed by atoms with Gasteiger partial charge in [-0.15, -0.1) is 0 Å². The Bertz CT molecular complexity index is 983. The van der Waals surface area contributed by atoms with E-state index in [0.717, 1.165) is 29.6 Å². The molecule has 6 nitrogen and oxygen atoms in total. The lowest BCUT2D eigenvalue weighted by atomic mass is 10.1. The first-order valence-corrected chi connectivity index (χ1v) is 7.94. The fourth-order valence-corrected chi connectivity index (χ4v) is 3.01. The first kappa shape index (κ1) is 14.4. The van der Waals surface area contributed by atoms with Gasteiger partial charge in [-0.2, -0.15) is 5.10 Å². The lowest BCUT2D eigenvalue weighted by Gasteiger charge is -2.07. The van der Waals surface area contributed by atoms with Crippen LogP contribution in [0.4, 0.5) is 5.82 Å². The maximum absolute atomic E-state index is 6.02. The number of nitrogen functional groups attached to an aromatic ring is 1. The van der Waals surface area contributed by atoms with E-state index < -0.39 is 0 Å². The lowest BCUT2D eigenvalue weighted by Crippen LogP contribution is -2.01. The van der Waals surface area contributed by atoms with Crippen LogP contribution in [0.3, 0.4) is 0 Å². The molecule has 3 aromatic heterocycles. The van der Waals surface area contributed by atoms with Crippen LogP contribution in [0.1, 0.15) is 18.2 Å². The molecule has 6 heteroatoms. The molecule has 3 heterocycles. The Hall–Kier alpha value is -3.15. The highest BCUT2D eigenvalue weighted by Crippen LogP contribution is 2.30. The zero-order valence-corrected chi connectivity index (χ0v) is 13.4. The van der Waals surface area contributed by atoms with Crippen molar-refractivity contribution in [3.8, 4) is 11.3 Å². The monoisotopic (exact) mass is 318 g/mol. The number of nitrogens with one attached hydrogen (secondary N) is 1. The molecule has 4 rings (SSSR count). The summed E-state index contributed by atoms with van der Waals surface area (Å²) in [6.07, 6.45) is 4.51. The number of fused-ring (bicyclic) bond motifs is 1. The smallest absolute Gasteiger partial charge is 0.186 e. The minimum Gasteiger partial charge on any atom is -0.383 e. The second-order valence-electron chi connectivity index (χ2n) is 5.74. The number of benzene rings is 1. The highest BCUT2D eigenvalue weighted by atomic mass is 15.2. The summed E-state index contributed by atoms with van der Waals surface area (Å²) in [6.45, 7) is 2.99. The van der Waals surface area contributed by atoms with Gasteiger partial charge in [-0.3, -0.25) is 5.10 Å². The minimum absolute atomic E-state index is 0.442. The van der Waals surface area contributed by atoms with Gasteiger partial charge in [0.2, 0.25) is 0 Å². The van der Waals surface area contributed by atoms with E-state index in [1.165, 1.54) is 17.6 Å². The Morgan fingerprint density at radius 2 is 2.00 bits per heavy atom. The Labute approximate surface area is 139 Å². The molecule has 0 aliphatic heterocycles. The second-order valence-corrected chi connectivity index (χ2v) is 5.74. The number of anilines is 1. The molecule has 0 radical (unpaired) electrons. The topological polar surface area (TPSA) is 85.4 Å². The van der Waals surface area contributed by atoms with E-state index in [2.05, 4.69) is 68.2 Å². The first-order chi connectivity index (χ1) is 11.8. The predicted octanol–water partition coefficient (Wildman–Crippen LogP) is 3.01. The summed E-state index contributed by atoms with van der Waals surface area (Å²) in [5.74, 6) is 0.442. The Kier molecular flexibility index (Phi) is 3.49. The maximum atomic E-state index is 6.02. The number of aromatic nitrogens is 5. The van der Waals surface area contributed by atoms with E-state index >= 15 is 0 Å². The SMILES string of the molecule is CCc1cc(-c2[nH]nc3ncnc(N)c23)cn1Cc1ccccc1. The number of nitrogens with two attached hydrogens (primary N) is 1. The van der Waals surface area contributed by atoms with Crippen molar-refractivity contribution in [1.29, 1.82) is 0 Å². The van der Waals surface area contributed by atoms with E-state index in [0.29, 0.717) is 11.5 Å². The molecule has 0 unspecified atom stereocenters. The summed E-state index contributed by atoms with van der Waals surface area (Å²) in [5, 5.41) is 8.07. The summed E-state index contributed by atoms with van der Waals surface area (Å²) < 4.78 is 2.26. The number of hydrogen-bond donors (Lipinski definition) is 2. The molecule has 0 aliphatic carbocycles. The molecule has 3 N–H and O–H groups in total. The fourth-order valence-electron chi connectivity index (χ4n) is 3.01. The van der Waals surface area contributed by atoms with Gasteiger partial charge in [0.25, 0.3) is 0 Å². The van der Waals surface area contributed by atoms with Gasteiger partial charge in [0.15, 0.2) is 5.65 Å².